The number of ketones is 1. The molecule has 0 saturated carbocycles. The van der Waals surface area contributed by atoms with Gasteiger partial charge in [-0.3, -0.25) is 9.59 Å². The lowest BCUT2D eigenvalue weighted by Gasteiger charge is -2.17. The number of hydrogen-bond acceptors (Lipinski definition) is 5. The monoisotopic (exact) mass is 367 g/mol. The van der Waals surface area contributed by atoms with Crippen molar-refractivity contribution in [3.63, 3.8) is 0 Å². The molecule has 2 aromatic rings. The highest BCUT2D eigenvalue weighted by molar-refractivity contribution is 6.00. The van der Waals surface area contributed by atoms with E-state index in [4.69, 9.17) is 9.47 Å². The normalized spacial score (nSPS) is 12.7. The van der Waals surface area contributed by atoms with Crippen molar-refractivity contribution < 1.29 is 23.9 Å². The Morgan fingerprint density at radius 1 is 1.04 bits per heavy atom. The minimum atomic E-state index is -0.601. The van der Waals surface area contributed by atoms with E-state index in [1.54, 1.807) is 18.2 Å². The average Bonchev–Trinajstić information content (AvgIpc) is 2.65. The Morgan fingerprint density at radius 2 is 1.78 bits per heavy atom. The molecular formula is C21H21NO5. The molecule has 0 radical (unpaired) electrons. The first-order chi connectivity index (χ1) is 12.9. The van der Waals surface area contributed by atoms with Crippen molar-refractivity contribution in [2.45, 2.75) is 26.7 Å². The third kappa shape index (κ3) is 4.53. The van der Waals surface area contributed by atoms with Crippen molar-refractivity contribution in [3.8, 4) is 5.75 Å². The molecule has 2 aromatic carbocycles. The zero-order chi connectivity index (χ0) is 19.4. The lowest BCUT2D eigenvalue weighted by atomic mass is 9.99. The van der Waals surface area contributed by atoms with Gasteiger partial charge in [0.25, 0.3) is 0 Å². The van der Waals surface area contributed by atoms with Gasteiger partial charge >= 0.3 is 5.97 Å². The molecule has 3 rings (SSSR count). The maximum Gasteiger partial charge on any atom is 0.344 e. The van der Waals surface area contributed by atoms with E-state index >= 15 is 0 Å². The first kappa shape index (κ1) is 18.6. The van der Waals surface area contributed by atoms with Crippen molar-refractivity contribution in [2.24, 2.45) is 0 Å². The Morgan fingerprint density at radius 3 is 2.52 bits per heavy atom. The molecule has 0 aliphatic carbocycles. The fourth-order valence-electron chi connectivity index (χ4n) is 2.99. The van der Waals surface area contributed by atoms with Gasteiger partial charge in [-0.25, -0.2) is 4.79 Å². The van der Waals surface area contributed by atoms with Crippen molar-refractivity contribution in [3.05, 3.63) is 58.7 Å². The Balaban J connectivity index is 1.53. The summed E-state index contributed by atoms with van der Waals surface area (Å²) in [5.74, 6) is -0.275. The standard InChI is InChI=1S/C21H21NO5/c1-13-4-3-5-14(2)21(13)27-12-20(25)26-11-18(23)16-6-8-17-15(10-16)7-9-19(24)22-17/h3-6,8,10H,7,9,11-12H2,1-2H3,(H,22,24). The van der Waals surface area contributed by atoms with Gasteiger partial charge in [0.15, 0.2) is 19.0 Å². The smallest absolute Gasteiger partial charge is 0.344 e. The number of aryl methyl sites for hydroxylation is 3. The first-order valence-corrected chi connectivity index (χ1v) is 8.74. The summed E-state index contributed by atoms with van der Waals surface area (Å²) in [6.45, 7) is 3.20. The molecule has 0 aromatic heterocycles. The number of amides is 1. The van der Waals surface area contributed by atoms with Crippen LogP contribution in [0.1, 0.15) is 33.5 Å². The van der Waals surface area contributed by atoms with E-state index in [0.717, 1.165) is 22.4 Å². The number of nitrogens with one attached hydrogen (secondary N) is 1. The summed E-state index contributed by atoms with van der Waals surface area (Å²) in [5, 5.41) is 2.77. The number of carbonyl (C=O) groups excluding carboxylic acids is 3. The number of ether oxygens (including phenoxy) is 2. The van der Waals surface area contributed by atoms with E-state index in [9.17, 15) is 14.4 Å². The molecule has 27 heavy (non-hydrogen) atoms. The number of anilines is 1. The summed E-state index contributed by atoms with van der Waals surface area (Å²) in [7, 11) is 0. The van der Waals surface area contributed by atoms with E-state index in [-0.39, 0.29) is 24.9 Å². The summed E-state index contributed by atoms with van der Waals surface area (Å²) in [6.07, 6.45) is 0.987. The lowest BCUT2D eigenvalue weighted by molar-refractivity contribution is -0.144. The largest absolute Gasteiger partial charge is 0.481 e. The number of hydrogen-bond donors (Lipinski definition) is 1. The van der Waals surface area contributed by atoms with Crippen LogP contribution in [0.4, 0.5) is 5.69 Å². The van der Waals surface area contributed by atoms with Crippen LogP contribution in [0.5, 0.6) is 5.75 Å². The Labute approximate surface area is 157 Å². The van der Waals surface area contributed by atoms with Gasteiger partial charge in [-0.2, -0.15) is 0 Å². The summed E-state index contributed by atoms with van der Waals surface area (Å²) in [5.41, 5.74) is 3.94. The van der Waals surface area contributed by atoms with Gasteiger partial charge in [-0.15, -0.1) is 0 Å². The molecule has 0 saturated heterocycles. The Kier molecular flexibility index (Phi) is 5.54. The van der Waals surface area contributed by atoms with E-state index < -0.39 is 5.97 Å². The summed E-state index contributed by atoms with van der Waals surface area (Å²) >= 11 is 0. The number of esters is 1. The predicted molar refractivity (Wildman–Crippen MR) is 100 cm³/mol. The molecule has 0 bridgehead atoms. The fourth-order valence-corrected chi connectivity index (χ4v) is 2.99. The van der Waals surface area contributed by atoms with Crippen molar-refractivity contribution in [1.82, 2.24) is 0 Å². The van der Waals surface area contributed by atoms with Crippen LogP contribution in [0.2, 0.25) is 0 Å². The van der Waals surface area contributed by atoms with Gasteiger partial charge in [-0.05, 0) is 55.2 Å². The van der Waals surface area contributed by atoms with Gasteiger partial charge in [0.2, 0.25) is 5.91 Å². The highest BCUT2D eigenvalue weighted by Crippen LogP contribution is 2.24. The number of Topliss-reactive ketones (excluding diaryl/α,β-unsaturated/α-hetero) is 1. The van der Waals surface area contributed by atoms with E-state index in [2.05, 4.69) is 5.32 Å². The topological polar surface area (TPSA) is 81.7 Å². The zero-order valence-corrected chi connectivity index (χ0v) is 15.3. The second kappa shape index (κ2) is 8.03. The second-order valence-corrected chi connectivity index (χ2v) is 6.51. The maximum absolute atomic E-state index is 12.3. The van der Waals surface area contributed by atoms with Crippen molar-refractivity contribution in [1.29, 1.82) is 0 Å². The molecule has 0 fully saturated rings. The van der Waals surface area contributed by atoms with Gasteiger partial charge < -0.3 is 14.8 Å². The molecular weight excluding hydrogens is 346 g/mol. The van der Waals surface area contributed by atoms with Crippen LogP contribution in [-0.2, 0) is 20.7 Å². The molecule has 0 atom stereocenters. The highest BCUT2D eigenvalue weighted by Gasteiger charge is 2.17. The van der Waals surface area contributed by atoms with Crippen LogP contribution in [0.25, 0.3) is 0 Å². The molecule has 6 nitrogen and oxygen atoms in total. The van der Waals surface area contributed by atoms with E-state index in [0.29, 0.717) is 24.2 Å². The van der Waals surface area contributed by atoms with E-state index in [1.165, 1.54) is 0 Å². The lowest BCUT2D eigenvalue weighted by Crippen LogP contribution is -2.21. The number of rotatable bonds is 6. The highest BCUT2D eigenvalue weighted by atomic mass is 16.6. The maximum atomic E-state index is 12.3. The number of fused-ring (bicyclic) bond motifs is 1. The molecule has 6 heteroatoms. The molecule has 0 unspecified atom stereocenters. The molecule has 1 aliphatic rings. The molecule has 0 spiro atoms. The predicted octanol–water partition coefficient (Wildman–Crippen LogP) is 2.99. The van der Waals surface area contributed by atoms with Gasteiger partial charge in [0, 0.05) is 17.7 Å². The number of para-hydroxylation sites is 1. The third-order valence-corrected chi connectivity index (χ3v) is 4.43. The van der Waals surface area contributed by atoms with Crippen LogP contribution >= 0.6 is 0 Å². The zero-order valence-electron chi connectivity index (χ0n) is 15.3. The minimum Gasteiger partial charge on any atom is -0.481 e. The number of benzene rings is 2. The van der Waals surface area contributed by atoms with Crippen LogP contribution < -0.4 is 10.1 Å². The second-order valence-electron chi connectivity index (χ2n) is 6.51. The Bertz CT molecular complexity index is 883. The first-order valence-electron chi connectivity index (χ1n) is 8.74. The molecule has 1 aliphatic heterocycles. The van der Waals surface area contributed by atoms with Crippen LogP contribution in [0, 0.1) is 13.8 Å². The van der Waals surface area contributed by atoms with Crippen LogP contribution in [0.3, 0.4) is 0 Å². The van der Waals surface area contributed by atoms with Crippen LogP contribution in [-0.4, -0.2) is 30.9 Å². The van der Waals surface area contributed by atoms with Gasteiger partial charge in [-0.1, -0.05) is 18.2 Å². The third-order valence-electron chi connectivity index (χ3n) is 4.43. The van der Waals surface area contributed by atoms with Crippen molar-refractivity contribution >= 4 is 23.3 Å². The minimum absolute atomic E-state index is 0.0283. The summed E-state index contributed by atoms with van der Waals surface area (Å²) in [4.78, 5) is 35.6. The molecule has 140 valence electrons. The summed E-state index contributed by atoms with van der Waals surface area (Å²) < 4.78 is 10.6. The van der Waals surface area contributed by atoms with Crippen molar-refractivity contribution in [2.75, 3.05) is 18.5 Å². The van der Waals surface area contributed by atoms with E-state index in [1.807, 2.05) is 32.0 Å². The molecule has 1 N–H and O–H groups in total. The van der Waals surface area contributed by atoms with Crippen LogP contribution in [0.15, 0.2) is 36.4 Å². The van der Waals surface area contributed by atoms with Gasteiger partial charge in [0.1, 0.15) is 5.75 Å². The number of carbonyl (C=O) groups is 3. The molecule has 1 heterocycles. The quantitative estimate of drug-likeness (QED) is 0.627. The van der Waals surface area contributed by atoms with Gasteiger partial charge in [0.05, 0.1) is 0 Å². The fraction of sp³-hybridized carbons (Fsp3) is 0.286. The molecule has 1 amide bonds. The SMILES string of the molecule is Cc1cccc(C)c1OCC(=O)OCC(=O)c1ccc2c(c1)CCC(=O)N2. The Hall–Kier alpha value is -3.15. The summed E-state index contributed by atoms with van der Waals surface area (Å²) in [6, 6.07) is 10.8. The average molecular weight is 367 g/mol.